The summed E-state index contributed by atoms with van der Waals surface area (Å²) in [6, 6.07) is 2.58. The topological polar surface area (TPSA) is 117 Å². The van der Waals surface area contributed by atoms with Gasteiger partial charge in [0.1, 0.15) is 5.65 Å². The van der Waals surface area contributed by atoms with Gasteiger partial charge in [-0.3, -0.25) is 19.6 Å². The van der Waals surface area contributed by atoms with Gasteiger partial charge in [0, 0.05) is 12.6 Å². The predicted molar refractivity (Wildman–Crippen MR) is 98.4 cm³/mol. The molecule has 26 heavy (non-hydrogen) atoms. The molecular formula is C18H21N3O5. The number of hydrogen-bond donors (Lipinski definition) is 3. The van der Waals surface area contributed by atoms with Crippen LogP contribution < -0.4 is 21.4 Å². The minimum Gasteiger partial charge on any atom is -0.503 e. The fourth-order valence-corrected chi connectivity index (χ4v) is 3.20. The molecular weight excluding hydrogens is 338 g/mol. The first kappa shape index (κ1) is 17.8. The van der Waals surface area contributed by atoms with E-state index in [2.05, 4.69) is 16.9 Å². The van der Waals surface area contributed by atoms with E-state index >= 15 is 0 Å². The van der Waals surface area contributed by atoms with Gasteiger partial charge in [-0.25, -0.2) is 4.79 Å². The zero-order chi connectivity index (χ0) is 18.8. The first-order chi connectivity index (χ1) is 12.5. The average Bonchev–Trinajstić information content (AvgIpc) is 2.61. The number of aryl methyl sites for hydroxylation is 1. The van der Waals surface area contributed by atoms with E-state index in [1.807, 2.05) is 0 Å². The number of nitrogens with one attached hydrogen (secondary N) is 2. The Morgan fingerprint density at radius 2 is 1.88 bits per heavy atom. The number of H-pyrrole nitrogens is 2. The van der Waals surface area contributed by atoms with Gasteiger partial charge in [-0.15, -0.1) is 0 Å². The van der Waals surface area contributed by atoms with Crippen molar-refractivity contribution in [3.8, 4) is 22.8 Å². The number of hydrogen-bond acceptors (Lipinski definition) is 5. The number of ether oxygens (including phenoxy) is 1. The number of rotatable bonds is 6. The number of phenols is 1. The van der Waals surface area contributed by atoms with Crippen molar-refractivity contribution >= 4 is 11.0 Å². The van der Waals surface area contributed by atoms with Crippen molar-refractivity contribution in [3.63, 3.8) is 0 Å². The summed E-state index contributed by atoms with van der Waals surface area (Å²) < 4.78 is 6.71. The number of aromatic amines is 2. The van der Waals surface area contributed by atoms with Crippen LogP contribution in [0.1, 0.15) is 32.6 Å². The number of nitrogens with zero attached hydrogens (tertiary/aromatic N) is 1. The molecule has 0 atom stereocenters. The molecule has 8 nitrogen and oxygen atoms in total. The molecule has 8 heteroatoms. The number of unbranched alkanes of at least 4 members (excludes halogenated alkanes) is 3. The molecule has 2 heterocycles. The van der Waals surface area contributed by atoms with Crippen LogP contribution in [0.25, 0.3) is 22.3 Å². The third-order valence-corrected chi connectivity index (χ3v) is 4.48. The molecule has 1 aromatic heterocycles. The Labute approximate surface area is 148 Å². The van der Waals surface area contributed by atoms with Crippen LogP contribution >= 0.6 is 0 Å². The molecule has 138 valence electrons. The molecule has 0 aromatic carbocycles. The third kappa shape index (κ3) is 2.98. The average molecular weight is 359 g/mol. The highest BCUT2D eigenvalue weighted by Gasteiger charge is 2.23. The Kier molecular flexibility index (Phi) is 4.83. The number of benzene rings is 1. The molecule has 0 unspecified atom stereocenters. The largest absolute Gasteiger partial charge is 0.503 e. The van der Waals surface area contributed by atoms with Gasteiger partial charge < -0.3 is 14.4 Å². The van der Waals surface area contributed by atoms with Crippen LogP contribution in [0.5, 0.6) is 11.5 Å². The number of pyridine rings is 1. The Morgan fingerprint density at radius 1 is 1.12 bits per heavy atom. The summed E-state index contributed by atoms with van der Waals surface area (Å²) in [5.41, 5.74) is -0.879. The monoisotopic (exact) mass is 359 g/mol. The molecule has 3 rings (SSSR count). The number of aromatic hydroxyl groups is 1. The van der Waals surface area contributed by atoms with Crippen molar-refractivity contribution in [3.05, 3.63) is 43.2 Å². The summed E-state index contributed by atoms with van der Waals surface area (Å²) in [5, 5.41) is 10.8. The van der Waals surface area contributed by atoms with Crippen LogP contribution in [0.2, 0.25) is 0 Å². The van der Waals surface area contributed by atoms with Gasteiger partial charge in [0.2, 0.25) is 0 Å². The molecule has 0 saturated heterocycles. The summed E-state index contributed by atoms with van der Waals surface area (Å²) >= 11 is 0. The predicted octanol–water partition coefficient (Wildman–Crippen LogP) is 1.78. The second-order valence-corrected chi connectivity index (χ2v) is 6.22. The fraction of sp³-hybridized carbons (Fsp3) is 0.389. The van der Waals surface area contributed by atoms with Crippen LogP contribution in [0.15, 0.2) is 26.5 Å². The lowest BCUT2D eigenvalue weighted by molar-refractivity contribution is 0.371. The molecule has 1 aliphatic carbocycles. The lowest BCUT2D eigenvalue weighted by atomic mass is 10.0. The van der Waals surface area contributed by atoms with Gasteiger partial charge in [0.15, 0.2) is 16.9 Å². The van der Waals surface area contributed by atoms with Crippen molar-refractivity contribution in [2.75, 3.05) is 7.11 Å². The van der Waals surface area contributed by atoms with Crippen LogP contribution in [0.3, 0.4) is 0 Å². The Bertz CT molecular complexity index is 1090. The first-order valence-corrected chi connectivity index (χ1v) is 8.57. The van der Waals surface area contributed by atoms with E-state index in [0.717, 1.165) is 25.7 Å². The van der Waals surface area contributed by atoms with Gasteiger partial charge in [0.05, 0.1) is 23.8 Å². The summed E-state index contributed by atoms with van der Waals surface area (Å²) in [6.45, 7) is 2.53. The van der Waals surface area contributed by atoms with Crippen LogP contribution in [0.4, 0.5) is 0 Å². The van der Waals surface area contributed by atoms with Crippen molar-refractivity contribution in [2.45, 2.75) is 39.2 Å². The maximum absolute atomic E-state index is 12.5. The van der Waals surface area contributed by atoms with E-state index in [0.29, 0.717) is 6.54 Å². The van der Waals surface area contributed by atoms with Gasteiger partial charge in [-0.2, -0.15) is 0 Å². The molecule has 0 bridgehead atoms. The molecule has 3 N–H and O–H groups in total. The molecule has 0 saturated carbocycles. The van der Waals surface area contributed by atoms with Crippen LogP contribution in [-0.2, 0) is 6.54 Å². The third-order valence-electron chi connectivity index (χ3n) is 4.48. The van der Waals surface area contributed by atoms with E-state index in [1.165, 1.54) is 19.2 Å². The highest BCUT2D eigenvalue weighted by molar-refractivity contribution is 5.86. The summed E-state index contributed by atoms with van der Waals surface area (Å²) in [6.07, 6.45) is 3.82. The molecule has 0 spiro atoms. The summed E-state index contributed by atoms with van der Waals surface area (Å²) in [5.74, 6) is -0.142. The number of methoxy groups -OCH3 is 1. The second-order valence-electron chi connectivity index (χ2n) is 6.22. The lowest BCUT2D eigenvalue weighted by Gasteiger charge is -2.20. The zero-order valence-electron chi connectivity index (χ0n) is 14.7. The van der Waals surface area contributed by atoms with E-state index in [1.54, 1.807) is 4.57 Å². The quantitative estimate of drug-likeness (QED) is 0.458. The normalized spacial score (nSPS) is 11.3. The van der Waals surface area contributed by atoms with E-state index in [-0.39, 0.29) is 39.2 Å². The Hall–Kier alpha value is -3.03. The van der Waals surface area contributed by atoms with E-state index in [9.17, 15) is 19.5 Å². The number of phenolic OH excluding ortho intramolecular Hbond substituents is 1. The minimum atomic E-state index is -0.645. The van der Waals surface area contributed by atoms with Crippen molar-refractivity contribution < 1.29 is 9.84 Å². The summed E-state index contributed by atoms with van der Waals surface area (Å²) in [7, 11) is 1.36. The van der Waals surface area contributed by atoms with Crippen LogP contribution in [-0.4, -0.2) is 26.8 Å². The number of fused-ring (bicyclic) bond motifs is 2. The van der Waals surface area contributed by atoms with Gasteiger partial charge in [-0.05, 0) is 12.5 Å². The van der Waals surface area contributed by atoms with Crippen molar-refractivity contribution in [1.29, 1.82) is 0 Å². The molecule has 1 aromatic rings. The molecule has 0 fully saturated rings. The smallest absolute Gasteiger partial charge is 0.327 e. The molecule has 0 amide bonds. The number of aromatic nitrogens is 3. The van der Waals surface area contributed by atoms with Crippen LogP contribution in [0, 0.1) is 0 Å². The molecule has 1 aliphatic heterocycles. The Balaban J connectivity index is 2.38. The fourth-order valence-electron chi connectivity index (χ4n) is 3.20. The first-order valence-electron chi connectivity index (χ1n) is 8.57. The van der Waals surface area contributed by atoms with Gasteiger partial charge in [-0.1, -0.05) is 26.2 Å². The molecule has 2 aliphatic rings. The van der Waals surface area contributed by atoms with Crippen molar-refractivity contribution in [1.82, 2.24) is 14.5 Å². The SMILES string of the molecule is CCCCCCn1c2c(O)c(OC)cc(=O)c-2cc2c(=O)[nH]c(=O)[nH]c21. The second kappa shape index (κ2) is 7.07. The van der Waals surface area contributed by atoms with Gasteiger partial charge >= 0.3 is 5.69 Å². The van der Waals surface area contributed by atoms with E-state index in [4.69, 9.17) is 4.74 Å². The molecule has 0 radical (unpaired) electrons. The Morgan fingerprint density at radius 3 is 2.58 bits per heavy atom. The maximum atomic E-state index is 12.5. The lowest BCUT2D eigenvalue weighted by Crippen LogP contribution is -2.26. The maximum Gasteiger partial charge on any atom is 0.327 e. The standard InChI is InChI=1S/C18H21N3O5/c1-3-4-5-6-7-21-14-10(12(22)9-13(26-2)15(14)23)8-11-16(21)19-18(25)20-17(11)24/h8-9,23H,3-7H2,1-2H3,(H2,19,20,24,25). The highest BCUT2D eigenvalue weighted by atomic mass is 16.5. The van der Waals surface area contributed by atoms with Gasteiger partial charge in [0.25, 0.3) is 5.56 Å². The minimum absolute atomic E-state index is 0.0522. The van der Waals surface area contributed by atoms with E-state index < -0.39 is 11.2 Å². The highest BCUT2D eigenvalue weighted by Crippen LogP contribution is 2.38. The summed E-state index contributed by atoms with van der Waals surface area (Å²) in [4.78, 5) is 41.2. The van der Waals surface area contributed by atoms with Crippen molar-refractivity contribution in [2.24, 2.45) is 0 Å². The zero-order valence-corrected chi connectivity index (χ0v) is 14.7.